The Morgan fingerprint density at radius 1 is 1.20 bits per heavy atom. The van der Waals surface area contributed by atoms with Crippen molar-refractivity contribution < 1.29 is 9.59 Å². The molecule has 5 nitrogen and oxygen atoms in total. The van der Waals surface area contributed by atoms with E-state index in [9.17, 15) is 9.59 Å². The Balaban J connectivity index is 1.36. The molecular weight excluding hydrogens is 314 g/mol. The van der Waals surface area contributed by atoms with Gasteiger partial charge >= 0.3 is 0 Å². The molecule has 0 aliphatic heterocycles. The smallest absolute Gasteiger partial charge is 0.228 e. The Kier molecular flexibility index (Phi) is 4.15. The molecule has 25 heavy (non-hydrogen) atoms. The first-order valence-corrected chi connectivity index (χ1v) is 9.02. The number of hydrogen-bond donors (Lipinski definition) is 1. The van der Waals surface area contributed by atoms with E-state index in [1.54, 1.807) is 48.3 Å². The number of rotatable bonds is 5. The van der Waals surface area contributed by atoms with E-state index in [0.717, 1.165) is 17.5 Å². The topological polar surface area (TPSA) is 64.0 Å². The lowest BCUT2D eigenvalue weighted by Gasteiger charge is -2.20. The molecular formula is C20H23N3O2. The van der Waals surface area contributed by atoms with Crippen LogP contribution in [0, 0.1) is 17.8 Å². The van der Waals surface area contributed by atoms with E-state index in [2.05, 4.69) is 10.3 Å². The maximum atomic E-state index is 12.4. The lowest BCUT2D eigenvalue weighted by Crippen LogP contribution is -2.20. The average Bonchev–Trinajstić information content (AvgIpc) is 3.31. The summed E-state index contributed by atoms with van der Waals surface area (Å²) in [7, 11) is 1.80. The number of benzene rings is 1. The number of nitrogens with zero attached hydrogens (tertiary/aromatic N) is 2. The molecule has 3 unspecified atom stereocenters. The molecule has 2 saturated carbocycles. The van der Waals surface area contributed by atoms with Gasteiger partial charge in [-0.15, -0.1) is 0 Å². The van der Waals surface area contributed by atoms with Gasteiger partial charge in [0, 0.05) is 37.1 Å². The molecule has 1 aromatic heterocycles. The minimum atomic E-state index is -0.118. The van der Waals surface area contributed by atoms with Crippen molar-refractivity contribution >= 4 is 17.4 Å². The number of fused-ring (bicyclic) bond motifs is 2. The lowest BCUT2D eigenvalue weighted by molar-refractivity contribution is -0.117. The van der Waals surface area contributed by atoms with Gasteiger partial charge in [-0.05, 0) is 61.3 Å². The van der Waals surface area contributed by atoms with Crippen molar-refractivity contribution in [3.63, 3.8) is 0 Å². The number of amides is 1. The molecule has 3 atom stereocenters. The van der Waals surface area contributed by atoms with Crippen LogP contribution in [0.4, 0.5) is 5.69 Å². The fourth-order valence-electron chi connectivity index (χ4n) is 4.50. The fraction of sp³-hybridized carbons (Fsp3) is 0.450. The Hall–Kier alpha value is -2.43. The highest BCUT2D eigenvalue weighted by molar-refractivity contribution is 6.07. The normalized spacial score (nSPS) is 24.4. The number of hydrogen-bond acceptors (Lipinski definition) is 3. The Morgan fingerprint density at radius 3 is 2.60 bits per heavy atom. The maximum absolute atomic E-state index is 12.4. The number of aromatic nitrogens is 2. The third kappa shape index (κ3) is 3.23. The molecule has 1 N–H and O–H groups in total. The van der Waals surface area contributed by atoms with Crippen LogP contribution in [0.3, 0.4) is 0 Å². The monoisotopic (exact) mass is 337 g/mol. The third-order valence-electron chi connectivity index (χ3n) is 5.79. The summed E-state index contributed by atoms with van der Waals surface area (Å²) in [5, 5.41) is 2.97. The number of ketones is 1. The van der Waals surface area contributed by atoms with Crippen molar-refractivity contribution in [3.05, 3.63) is 48.0 Å². The first-order valence-electron chi connectivity index (χ1n) is 9.02. The molecule has 1 heterocycles. The quantitative estimate of drug-likeness (QED) is 0.850. The highest BCUT2D eigenvalue weighted by atomic mass is 16.1. The van der Waals surface area contributed by atoms with E-state index >= 15 is 0 Å². The van der Waals surface area contributed by atoms with Gasteiger partial charge in [0.05, 0.1) is 0 Å². The van der Waals surface area contributed by atoms with Crippen LogP contribution in [-0.4, -0.2) is 21.2 Å². The molecule has 1 aromatic carbocycles. The van der Waals surface area contributed by atoms with Crippen molar-refractivity contribution in [2.45, 2.75) is 32.1 Å². The molecule has 0 spiro atoms. The summed E-state index contributed by atoms with van der Waals surface area (Å²) in [5.41, 5.74) is 1.31. The van der Waals surface area contributed by atoms with Crippen molar-refractivity contribution in [3.8, 4) is 0 Å². The zero-order chi connectivity index (χ0) is 17.4. The fourth-order valence-corrected chi connectivity index (χ4v) is 4.50. The van der Waals surface area contributed by atoms with Crippen molar-refractivity contribution in [1.29, 1.82) is 0 Å². The lowest BCUT2D eigenvalue weighted by atomic mass is 9.86. The van der Waals surface area contributed by atoms with Crippen LogP contribution in [0.1, 0.15) is 48.3 Å². The van der Waals surface area contributed by atoms with Gasteiger partial charge in [-0.2, -0.15) is 0 Å². The van der Waals surface area contributed by atoms with Gasteiger partial charge in [0.2, 0.25) is 11.7 Å². The van der Waals surface area contributed by atoms with Gasteiger partial charge in [-0.3, -0.25) is 9.59 Å². The van der Waals surface area contributed by atoms with Gasteiger partial charge in [-0.25, -0.2) is 4.98 Å². The highest BCUT2D eigenvalue weighted by Gasteiger charge is 2.40. The standard InChI is InChI=1S/C20H23N3O2/c1-23-9-8-21-20(23)19(25)14-4-6-17(7-5-14)22-18(24)12-16-11-13-2-3-15(16)10-13/h4-9,13,15-16H,2-3,10-12H2,1H3,(H,22,24). The molecule has 0 saturated heterocycles. The van der Waals surface area contributed by atoms with E-state index in [0.29, 0.717) is 23.7 Å². The van der Waals surface area contributed by atoms with E-state index in [1.165, 1.54) is 25.7 Å². The predicted molar refractivity (Wildman–Crippen MR) is 95.3 cm³/mol. The summed E-state index contributed by atoms with van der Waals surface area (Å²) >= 11 is 0. The molecule has 2 bridgehead atoms. The molecule has 2 fully saturated rings. The number of nitrogens with one attached hydrogen (secondary N) is 1. The summed E-state index contributed by atoms with van der Waals surface area (Å²) in [4.78, 5) is 28.8. The minimum Gasteiger partial charge on any atom is -0.331 e. The minimum absolute atomic E-state index is 0.0840. The Labute approximate surface area is 147 Å². The summed E-state index contributed by atoms with van der Waals surface area (Å²) in [5.74, 6) is 2.55. The van der Waals surface area contributed by atoms with Gasteiger partial charge < -0.3 is 9.88 Å². The number of carbonyl (C=O) groups is 2. The zero-order valence-corrected chi connectivity index (χ0v) is 14.4. The molecule has 2 aliphatic carbocycles. The number of carbonyl (C=O) groups excluding carboxylic acids is 2. The molecule has 130 valence electrons. The van der Waals surface area contributed by atoms with Gasteiger partial charge in [0.25, 0.3) is 0 Å². The van der Waals surface area contributed by atoms with Crippen LogP contribution in [0.15, 0.2) is 36.7 Å². The second-order valence-corrected chi connectivity index (χ2v) is 7.46. The summed E-state index contributed by atoms with van der Waals surface area (Å²) < 4.78 is 1.70. The Morgan fingerprint density at radius 2 is 2.00 bits per heavy atom. The summed E-state index contributed by atoms with van der Waals surface area (Å²) in [6, 6.07) is 7.05. The molecule has 5 heteroatoms. The largest absolute Gasteiger partial charge is 0.331 e. The predicted octanol–water partition coefficient (Wildman–Crippen LogP) is 3.42. The SMILES string of the molecule is Cn1ccnc1C(=O)c1ccc(NC(=O)CC2CC3CCC2C3)cc1. The second kappa shape index (κ2) is 6.47. The summed E-state index contributed by atoms with van der Waals surface area (Å²) in [6.07, 6.45) is 9.17. The molecule has 1 amide bonds. The molecule has 2 aliphatic rings. The third-order valence-corrected chi connectivity index (χ3v) is 5.79. The van der Waals surface area contributed by atoms with Crippen LogP contribution < -0.4 is 5.32 Å². The Bertz CT molecular complexity index is 794. The van der Waals surface area contributed by atoms with E-state index in [1.807, 2.05) is 0 Å². The van der Waals surface area contributed by atoms with Gasteiger partial charge in [0.15, 0.2) is 5.82 Å². The number of imidazole rings is 1. The van der Waals surface area contributed by atoms with Crippen LogP contribution in [0.2, 0.25) is 0 Å². The second-order valence-electron chi connectivity index (χ2n) is 7.46. The first-order chi connectivity index (χ1) is 12.1. The number of anilines is 1. The zero-order valence-electron chi connectivity index (χ0n) is 14.4. The van der Waals surface area contributed by atoms with Crippen molar-refractivity contribution in [1.82, 2.24) is 9.55 Å². The molecule has 0 radical (unpaired) electrons. The average molecular weight is 337 g/mol. The van der Waals surface area contributed by atoms with Crippen LogP contribution in [-0.2, 0) is 11.8 Å². The van der Waals surface area contributed by atoms with E-state index < -0.39 is 0 Å². The summed E-state index contributed by atoms with van der Waals surface area (Å²) in [6.45, 7) is 0. The first kappa shape index (κ1) is 16.1. The van der Waals surface area contributed by atoms with Crippen LogP contribution in [0.25, 0.3) is 0 Å². The van der Waals surface area contributed by atoms with Crippen LogP contribution >= 0.6 is 0 Å². The van der Waals surface area contributed by atoms with Crippen molar-refractivity contribution in [2.24, 2.45) is 24.8 Å². The molecule has 4 rings (SSSR count). The van der Waals surface area contributed by atoms with E-state index in [4.69, 9.17) is 0 Å². The van der Waals surface area contributed by atoms with Crippen LogP contribution in [0.5, 0.6) is 0 Å². The van der Waals surface area contributed by atoms with E-state index in [-0.39, 0.29) is 11.7 Å². The molecule has 2 aromatic rings. The number of aryl methyl sites for hydroxylation is 1. The maximum Gasteiger partial charge on any atom is 0.228 e. The van der Waals surface area contributed by atoms with Crippen molar-refractivity contribution in [2.75, 3.05) is 5.32 Å². The highest BCUT2D eigenvalue weighted by Crippen LogP contribution is 2.49. The van der Waals surface area contributed by atoms with Gasteiger partial charge in [0.1, 0.15) is 0 Å². The van der Waals surface area contributed by atoms with Gasteiger partial charge in [-0.1, -0.05) is 6.42 Å².